The summed E-state index contributed by atoms with van der Waals surface area (Å²) in [7, 11) is 2.20. The van der Waals surface area contributed by atoms with Crippen molar-refractivity contribution in [2.75, 3.05) is 13.6 Å². The highest BCUT2D eigenvalue weighted by molar-refractivity contribution is 4.93. The number of nitrogens with one attached hydrogen (secondary N) is 1. The Hall–Kier alpha value is -0.220. The summed E-state index contributed by atoms with van der Waals surface area (Å²) in [6, 6.07) is 0.733. The van der Waals surface area contributed by atoms with Gasteiger partial charge in [0.1, 0.15) is 0 Å². The van der Waals surface area contributed by atoms with Crippen molar-refractivity contribution in [1.29, 1.82) is 0 Å². The van der Waals surface area contributed by atoms with E-state index in [1.165, 1.54) is 25.7 Å². The van der Waals surface area contributed by atoms with E-state index in [1.807, 2.05) is 0 Å². The molecule has 0 aromatic rings. The van der Waals surface area contributed by atoms with Gasteiger partial charge in [0, 0.05) is 12.1 Å². The zero-order valence-corrected chi connectivity index (χ0v) is 10.1. The molecule has 4 heteroatoms. The minimum Gasteiger partial charge on any atom is -0.309 e. The van der Waals surface area contributed by atoms with Gasteiger partial charge in [-0.3, -0.25) is 0 Å². The van der Waals surface area contributed by atoms with Crippen molar-refractivity contribution in [3.63, 3.8) is 0 Å². The van der Waals surface area contributed by atoms with Gasteiger partial charge in [0.05, 0.1) is 6.04 Å². The van der Waals surface area contributed by atoms with Gasteiger partial charge in [-0.1, -0.05) is 0 Å². The monoisotopic (exact) mass is 232 g/mol. The van der Waals surface area contributed by atoms with Crippen molar-refractivity contribution < 1.29 is 8.78 Å². The molecule has 0 radical (unpaired) electrons. The van der Waals surface area contributed by atoms with Crippen LogP contribution in [0.25, 0.3) is 0 Å². The van der Waals surface area contributed by atoms with Crippen molar-refractivity contribution in [2.45, 2.75) is 57.2 Å². The van der Waals surface area contributed by atoms with E-state index in [-0.39, 0.29) is 0 Å². The number of piperidine rings is 1. The minimum absolute atomic E-state index is 0.592. The SMILES string of the molecule is CC(NCC1CC2CCC(C1)N2C)C(F)F. The average molecular weight is 232 g/mol. The fraction of sp³-hybridized carbons (Fsp3) is 1.00. The minimum atomic E-state index is -2.25. The molecule has 0 aliphatic carbocycles. The van der Waals surface area contributed by atoms with Crippen LogP contribution in [0.5, 0.6) is 0 Å². The molecule has 2 aliphatic rings. The Kier molecular flexibility index (Phi) is 3.80. The topological polar surface area (TPSA) is 15.3 Å². The molecule has 3 atom stereocenters. The average Bonchev–Trinajstić information content (AvgIpc) is 2.51. The zero-order valence-electron chi connectivity index (χ0n) is 10.1. The molecule has 1 N–H and O–H groups in total. The van der Waals surface area contributed by atoms with E-state index in [2.05, 4.69) is 17.3 Å². The molecular weight excluding hydrogens is 210 g/mol. The lowest BCUT2D eigenvalue weighted by Gasteiger charge is -2.36. The lowest BCUT2D eigenvalue weighted by atomic mass is 9.91. The highest BCUT2D eigenvalue weighted by atomic mass is 19.3. The normalized spacial score (nSPS) is 36.9. The van der Waals surface area contributed by atoms with E-state index in [0.717, 1.165) is 6.54 Å². The van der Waals surface area contributed by atoms with E-state index in [9.17, 15) is 8.78 Å². The third kappa shape index (κ3) is 2.54. The molecule has 0 aromatic carbocycles. The number of hydrogen-bond donors (Lipinski definition) is 1. The van der Waals surface area contributed by atoms with E-state index in [4.69, 9.17) is 0 Å². The zero-order chi connectivity index (χ0) is 11.7. The molecule has 2 heterocycles. The van der Waals surface area contributed by atoms with Crippen LogP contribution in [-0.2, 0) is 0 Å². The Morgan fingerprint density at radius 2 is 1.81 bits per heavy atom. The summed E-state index contributed by atoms with van der Waals surface area (Å²) in [4.78, 5) is 2.48. The van der Waals surface area contributed by atoms with Gasteiger partial charge < -0.3 is 10.2 Å². The molecule has 2 bridgehead atoms. The van der Waals surface area contributed by atoms with Gasteiger partial charge >= 0.3 is 0 Å². The third-order valence-electron chi connectivity index (χ3n) is 4.30. The molecule has 3 unspecified atom stereocenters. The lowest BCUT2D eigenvalue weighted by Crippen LogP contribution is -2.44. The molecular formula is C12H22F2N2. The van der Waals surface area contributed by atoms with Crippen molar-refractivity contribution >= 4 is 0 Å². The molecule has 16 heavy (non-hydrogen) atoms. The smallest absolute Gasteiger partial charge is 0.253 e. The van der Waals surface area contributed by atoms with Gasteiger partial charge in [0.2, 0.25) is 0 Å². The number of halogens is 2. The summed E-state index contributed by atoms with van der Waals surface area (Å²) in [5, 5.41) is 2.97. The predicted octanol–water partition coefficient (Wildman–Crippen LogP) is 2.10. The van der Waals surface area contributed by atoms with Gasteiger partial charge in [-0.2, -0.15) is 0 Å². The Morgan fingerprint density at radius 1 is 1.25 bits per heavy atom. The Balaban J connectivity index is 1.76. The maximum Gasteiger partial charge on any atom is 0.253 e. The van der Waals surface area contributed by atoms with E-state index in [0.29, 0.717) is 18.0 Å². The van der Waals surface area contributed by atoms with Crippen LogP contribution in [0, 0.1) is 5.92 Å². The van der Waals surface area contributed by atoms with Crippen molar-refractivity contribution in [1.82, 2.24) is 10.2 Å². The summed E-state index contributed by atoms with van der Waals surface area (Å²) < 4.78 is 24.7. The number of alkyl halides is 2. The second-order valence-corrected chi connectivity index (χ2v) is 5.42. The Morgan fingerprint density at radius 3 is 2.31 bits per heavy atom. The molecule has 2 nitrogen and oxygen atoms in total. The molecule has 0 aromatic heterocycles. The van der Waals surface area contributed by atoms with Gasteiger partial charge in [-0.25, -0.2) is 8.78 Å². The maximum atomic E-state index is 12.3. The van der Waals surface area contributed by atoms with E-state index >= 15 is 0 Å². The fourth-order valence-electron chi connectivity index (χ4n) is 3.13. The second-order valence-electron chi connectivity index (χ2n) is 5.42. The maximum absolute atomic E-state index is 12.3. The van der Waals surface area contributed by atoms with Crippen LogP contribution >= 0.6 is 0 Å². The van der Waals surface area contributed by atoms with E-state index < -0.39 is 12.5 Å². The second kappa shape index (κ2) is 4.96. The lowest BCUT2D eigenvalue weighted by molar-refractivity contribution is 0.0929. The highest BCUT2D eigenvalue weighted by Crippen LogP contribution is 2.37. The summed E-state index contributed by atoms with van der Waals surface area (Å²) in [6.45, 7) is 2.32. The molecule has 0 saturated carbocycles. The van der Waals surface area contributed by atoms with Gasteiger partial charge in [0.25, 0.3) is 6.43 Å². The number of fused-ring (bicyclic) bond motifs is 2. The summed E-state index contributed by atoms with van der Waals surface area (Å²) >= 11 is 0. The molecule has 94 valence electrons. The first-order valence-electron chi connectivity index (χ1n) is 6.31. The van der Waals surface area contributed by atoms with Gasteiger partial charge in [-0.15, -0.1) is 0 Å². The number of hydrogen-bond acceptors (Lipinski definition) is 2. The van der Waals surface area contributed by atoms with Gasteiger partial charge in [-0.05, 0) is 52.1 Å². The summed E-state index contributed by atoms with van der Waals surface area (Å²) in [6.07, 6.45) is 2.69. The van der Waals surface area contributed by atoms with E-state index in [1.54, 1.807) is 6.92 Å². The first-order chi connectivity index (χ1) is 7.58. The van der Waals surface area contributed by atoms with Crippen LogP contribution in [0.4, 0.5) is 8.78 Å². The van der Waals surface area contributed by atoms with Crippen LogP contribution in [0.2, 0.25) is 0 Å². The Labute approximate surface area is 96.4 Å². The predicted molar refractivity (Wildman–Crippen MR) is 60.8 cm³/mol. The molecule has 0 amide bonds. The van der Waals surface area contributed by atoms with Crippen LogP contribution < -0.4 is 5.32 Å². The quantitative estimate of drug-likeness (QED) is 0.798. The van der Waals surface area contributed by atoms with Gasteiger partial charge in [0.15, 0.2) is 0 Å². The van der Waals surface area contributed by atoms with Crippen LogP contribution in [0.15, 0.2) is 0 Å². The molecule has 2 rings (SSSR count). The van der Waals surface area contributed by atoms with Crippen molar-refractivity contribution in [3.8, 4) is 0 Å². The van der Waals surface area contributed by atoms with Crippen LogP contribution in [0.1, 0.15) is 32.6 Å². The molecule has 2 fully saturated rings. The summed E-state index contributed by atoms with van der Waals surface area (Å²) in [5.74, 6) is 0.592. The molecule has 0 spiro atoms. The van der Waals surface area contributed by atoms with Crippen LogP contribution in [-0.4, -0.2) is 43.0 Å². The summed E-state index contributed by atoms with van der Waals surface area (Å²) in [5.41, 5.74) is 0. The number of rotatable bonds is 4. The first-order valence-corrected chi connectivity index (χ1v) is 6.31. The highest BCUT2D eigenvalue weighted by Gasteiger charge is 2.38. The fourth-order valence-corrected chi connectivity index (χ4v) is 3.13. The number of nitrogens with zero attached hydrogens (tertiary/aromatic N) is 1. The third-order valence-corrected chi connectivity index (χ3v) is 4.30. The molecule has 2 aliphatic heterocycles. The van der Waals surface area contributed by atoms with Crippen molar-refractivity contribution in [3.05, 3.63) is 0 Å². The largest absolute Gasteiger partial charge is 0.309 e. The van der Waals surface area contributed by atoms with Crippen LogP contribution in [0.3, 0.4) is 0 Å². The first kappa shape index (κ1) is 12.2. The van der Waals surface area contributed by atoms with Crippen molar-refractivity contribution in [2.24, 2.45) is 5.92 Å². The standard InChI is InChI=1S/C12H22F2N2/c1-8(12(13)14)15-7-9-5-10-3-4-11(6-9)16(10)2/h8-12,15H,3-7H2,1-2H3. The molecule has 2 saturated heterocycles. The Bertz CT molecular complexity index is 221.